The van der Waals surface area contributed by atoms with Crippen molar-refractivity contribution in [3.8, 4) is 5.75 Å². The van der Waals surface area contributed by atoms with E-state index in [0.717, 1.165) is 54.9 Å². The van der Waals surface area contributed by atoms with E-state index in [1.165, 1.54) is 0 Å². The number of hydrogen-bond acceptors (Lipinski definition) is 4. The fourth-order valence-electron chi connectivity index (χ4n) is 3.43. The highest BCUT2D eigenvalue weighted by atomic mass is 16.3. The zero-order valence-electron chi connectivity index (χ0n) is 14.5. The van der Waals surface area contributed by atoms with Crippen molar-refractivity contribution in [1.82, 2.24) is 14.9 Å². The van der Waals surface area contributed by atoms with Crippen LogP contribution in [0.2, 0.25) is 0 Å². The Morgan fingerprint density at radius 3 is 2.69 bits per heavy atom. The summed E-state index contributed by atoms with van der Waals surface area (Å²) in [5.41, 5.74) is 2.69. The lowest BCUT2D eigenvalue weighted by Crippen LogP contribution is -2.37. The van der Waals surface area contributed by atoms with Crippen molar-refractivity contribution in [2.75, 3.05) is 18.4 Å². The van der Waals surface area contributed by atoms with E-state index in [1.54, 1.807) is 24.3 Å². The summed E-state index contributed by atoms with van der Waals surface area (Å²) in [6.45, 7) is 2.58. The number of benzene rings is 1. The molecule has 3 aromatic rings. The van der Waals surface area contributed by atoms with Crippen LogP contribution in [0.1, 0.15) is 18.5 Å². The molecule has 0 aliphatic carbocycles. The van der Waals surface area contributed by atoms with Crippen LogP contribution in [0.15, 0.2) is 48.7 Å². The second-order valence-electron chi connectivity index (χ2n) is 6.80. The van der Waals surface area contributed by atoms with Gasteiger partial charge in [-0.3, -0.25) is 9.69 Å². The van der Waals surface area contributed by atoms with Gasteiger partial charge in [-0.25, -0.2) is 4.98 Å². The van der Waals surface area contributed by atoms with Gasteiger partial charge >= 0.3 is 0 Å². The largest absolute Gasteiger partial charge is 0.508 e. The molecule has 0 bridgehead atoms. The Bertz CT molecular complexity index is 896. The van der Waals surface area contributed by atoms with Crippen LogP contribution in [0.25, 0.3) is 11.0 Å². The maximum Gasteiger partial charge on any atom is 0.227 e. The fraction of sp³-hybridized carbons (Fsp3) is 0.300. The molecule has 6 heteroatoms. The minimum absolute atomic E-state index is 0.0268. The van der Waals surface area contributed by atoms with E-state index in [-0.39, 0.29) is 17.6 Å². The minimum Gasteiger partial charge on any atom is -0.508 e. The second kappa shape index (κ2) is 7.17. The van der Waals surface area contributed by atoms with Gasteiger partial charge in [-0.1, -0.05) is 0 Å². The number of anilines is 1. The number of rotatable bonds is 4. The Kier molecular flexibility index (Phi) is 4.58. The SMILES string of the molecule is O=C(Nc1ccc(O)cc1)C1CCN(Cc2ccc3cc[nH]c3n2)CC1. The number of carbonyl (C=O) groups excluding carboxylic acids is 1. The number of phenols is 1. The summed E-state index contributed by atoms with van der Waals surface area (Å²) in [7, 11) is 0. The van der Waals surface area contributed by atoms with Crippen LogP contribution in [0.3, 0.4) is 0 Å². The van der Waals surface area contributed by atoms with E-state index in [0.29, 0.717) is 0 Å². The molecule has 0 unspecified atom stereocenters. The molecule has 134 valence electrons. The number of likely N-dealkylation sites (tertiary alicyclic amines) is 1. The molecule has 26 heavy (non-hydrogen) atoms. The Hall–Kier alpha value is -2.86. The molecular weight excluding hydrogens is 328 g/mol. The second-order valence-corrected chi connectivity index (χ2v) is 6.80. The fourth-order valence-corrected chi connectivity index (χ4v) is 3.43. The van der Waals surface area contributed by atoms with Crippen molar-refractivity contribution in [3.05, 3.63) is 54.4 Å². The minimum atomic E-state index is 0.0268. The van der Waals surface area contributed by atoms with Gasteiger partial charge in [0.05, 0.1) is 5.69 Å². The number of pyridine rings is 1. The van der Waals surface area contributed by atoms with Crippen molar-refractivity contribution in [1.29, 1.82) is 0 Å². The van der Waals surface area contributed by atoms with Crippen LogP contribution in [-0.4, -0.2) is 39.0 Å². The van der Waals surface area contributed by atoms with Gasteiger partial charge in [-0.15, -0.1) is 0 Å². The number of nitrogens with one attached hydrogen (secondary N) is 2. The van der Waals surface area contributed by atoms with E-state index in [1.807, 2.05) is 12.3 Å². The van der Waals surface area contributed by atoms with Crippen molar-refractivity contribution in [2.24, 2.45) is 5.92 Å². The molecule has 1 aliphatic rings. The first-order valence-corrected chi connectivity index (χ1v) is 8.93. The maximum absolute atomic E-state index is 12.4. The molecule has 1 saturated heterocycles. The van der Waals surface area contributed by atoms with Crippen LogP contribution in [0.4, 0.5) is 5.69 Å². The number of nitrogens with zero attached hydrogens (tertiary/aromatic N) is 2. The van der Waals surface area contributed by atoms with Gasteiger partial charge < -0.3 is 15.4 Å². The van der Waals surface area contributed by atoms with E-state index in [4.69, 9.17) is 0 Å². The van der Waals surface area contributed by atoms with Crippen LogP contribution in [0, 0.1) is 5.92 Å². The van der Waals surface area contributed by atoms with Gasteiger partial charge in [0.1, 0.15) is 11.4 Å². The number of carbonyl (C=O) groups is 1. The number of aromatic hydroxyl groups is 1. The third-order valence-corrected chi connectivity index (χ3v) is 4.95. The number of H-pyrrole nitrogens is 1. The first-order chi connectivity index (χ1) is 12.7. The Morgan fingerprint density at radius 1 is 1.15 bits per heavy atom. The zero-order chi connectivity index (χ0) is 17.9. The number of aromatic amines is 1. The number of aromatic nitrogens is 2. The van der Waals surface area contributed by atoms with Crippen LogP contribution >= 0.6 is 0 Å². The van der Waals surface area contributed by atoms with Gasteiger partial charge in [0.25, 0.3) is 0 Å². The van der Waals surface area contributed by atoms with Crippen molar-refractivity contribution in [2.45, 2.75) is 19.4 Å². The molecule has 1 aromatic carbocycles. The summed E-state index contributed by atoms with van der Waals surface area (Å²) >= 11 is 0. The zero-order valence-corrected chi connectivity index (χ0v) is 14.5. The van der Waals surface area contributed by atoms with E-state index in [9.17, 15) is 9.90 Å². The average molecular weight is 350 g/mol. The molecule has 1 aliphatic heterocycles. The molecular formula is C20H22N4O2. The summed E-state index contributed by atoms with van der Waals surface area (Å²) in [5.74, 6) is 0.280. The molecule has 4 rings (SSSR count). The standard InChI is InChI=1S/C20H22N4O2/c25-18-5-3-16(4-6-18)23-20(26)15-8-11-24(12-9-15)13-17-2-1-14-7-10-21-19(14)22-17/h1-7,10,15,25H,8-9,11-13H2,(H,21,22)(H,23,26). The number of fused-ring (bicyclic) bond motifs is 1. The molecule has 2 aromatic heterocycles. The molecule has 1 fully saturated rings. The number of phenolic OH excluding ortho intramolecular Hbond substituents is 1. The van der Waals surface area contributed by atoms with Crippen LogP contribution < -0.4 is 5.32 Å². The Balaban J connectivity index is 1.30. The summed E-state index contributed by atoms with van der Waals surface area (Å²) < 4.78 is 0. The lowest BCUT2D eigenvalue weighted by Gasteiger charge is -2.31. The van der Waals surface area contributed by atoms with Crippen molar-refractivity contribution in [3.63, 3.8) is 0 Å². The van der Waals surface area contributed by atoms with Crippen molar-refractivity contribution < 1.29 is 9.90 Å². The molecule has 3 N–H and O–H groups in total. The van der Waals surface area contributed by atoms with Crippen LogP contribution in [-0.2, 0) is 11.3 Å². The summed E-state index contributed by atoms with van der Waals surface area (Å²) in [6, 6.07) is 12.8. The molecule has 0 atom stereocenters. The predicted octanol–water partition coefficient (Wildman–Crippen LogP) is 3.12. The highest BCUT2D eigenvalue weighted by molar-refractivity contribution is 5.92. The predicted molar refractivity (Wildman–Crippen MR) is 101 cm³/mol. The van der Waals surface area contributed by atoms with Gasteiger partial charge in [-0.05, 0) is 68.4 Å². The molecule has 6 nitrogen and oxygen atoms in total. The Labute approximate surface area is 151 Å². The number of amides is 1. The van der Waals surface area contributed by atoms with E-state index in [2.05, 4.69) is 32.3 Å². The van der Waals surface area contributed by atoms with E-state index >= 15 is 0 Å². The van der Waals surface area contributed by atoms with Gasteiger partial charge in [0, 0.05) is 29.7 Å². The molecule has 0 saturated carbocycles. The molecule has 0 spiro atoms. The van der Waals surface area contributed by atoms with Gasteiger partial charge in [-0.2, -0.15) is 0 Å². The first-order valence-electron chi connectivity index (χ1n) is 8.93. The quantitative estimate of drug-likeness (QED) is 0.632. The van der Waals surface area contributed by atoms with E-state index < -0.39 is 0 Å². The van der Waals surface area contributed by atoms with Crippen molar-refractivity contribution >= 4 is 22.6 Å². The smallest absolute Gasteiger partial charge is 0.227 e. The van der Waals surface area contributed by atoms with Crippen LogP contribution in [0.5, 0.6) is 5.75 Å². The third kappa shape index (κ3) is 3.70. The Morgan fingerprint density at radius 2 is 1.92 bits per heavy atom. The van der Waals surface area contributed by atoms with Gasteiger partial charge in [0.2, 0.25) is 5.91 Å². The molecule has 0 radical (unpaired) electrons. The maximum atomic E-state index is 12.4. The highest BCUT2D eigenvalue weighted by Crippen LogP contribution is 2.22. The highest BCUT2D eigenvalue weighted by Gasteiger charge is 2.25. The lowest BCUT2D eigenvalue weighted by atomic mass is 9.95. The normalized spacial score (nSPS) is 16.0. The molecule has 1 amide bonds. The monoisotopic (exact) mass is 350 g/mol. The average Bonchev–Trinajstić information content (AvgIpc) is 3.12. The summed E-state index contributed by atoms with van der Waals surface area (Å²) in [5, 5.41) is 13.4. The molecule has 3 heterocycles. The number of piperidine rings is 1. The van der Waals surface area contributed by atoms with Gasteiger partial charge in [0.15, 0.2) is 0 Å². The number of hydrogen-bond donors (Lipinski definition) is 3. The topological polar surface area (TPSA) is 81.2 Å². The summed E-state index contributed by atoms with van der Waals surface area (Å²) in [6.07, 6.45) is 3.59. The first kappa shape index (κ1) is 16.6. The third-order valence-electron chi connectivity index (χ3n) is 4.95. The summed E-state index contributed by atoms with van der Waals surface area (Å²) in [4.78, 5) is 22.6. The lowest BCUT2D eigenvalue weighted by molar-refractivity contribution is -0.121.